The van der Waals surface area contributed by atoms with E-state index in [1.54, 1.807) is 4.68 Å². The zero-order valence-electron chi connectivity index (χ0n) is 16.4. The standard InChI is InChI=1S/C20H29F2N5/c1-15-18(14-23-7-4-8-26-11-9-25(3)10-12-26)16(2)27(24-15)20-6-5-17(21)13-19(20)22/h5-6,13,23H,4,7-12,14H2,1-3H3. The van der Waals surface area contributed by atoms with Crippen LogP contribution in [0.25, 0.3) is 5.69 Å². The summed E-state index contributed by atoms with van der Waals surface area (Å²) in [6.07, 6.45) is 1.10. The van der Waals surface area contributed by atoms with Gasteiger partial charge in [-0.25, -0.2) is 13.5 Å². The first kappa shape index (κ1) is 19.9. The van der Waals surface area contributed by atoms with Crippen molar-refractivity contribution in [3.05, 3.63) is 46.8 Å². The quantitative estimate of drug-likeness (QED) is 0.752. The number of likely N-dealkylation sites (N-methyl/N-ethyl adjacent to an activating group) is 1. The number of nitrogens with one attached hydrogen (secondary N) is 1. The molecule has 148 valence electrons. The van der Waals surface area contributed by atoms with E-state index in [0.29, 0.717) is 6.54 Å². The molecule has 0 bridgehead atoms. The Morgan fingerprint density at radius 2 is 1.85 bits per heavy atom. The fourth-order valence-electron chi connectivity index (χ4n) is 3.53. The van der Waals surface area contributed by atoms with Crippen LogP contribution in [0.2, 0.25) is 0 Å². The molecule has 1 N–H and O–H groups in total. The molecule has 1 saturated heterocycles. The third-order valence-corrected chi connectivity index (χ3v) is 5.30. The van der Waals surface area contributed by atoms with Gasteiger partial charge in [0.05, 0.1) is 5.69 Å². The first-order valence-electron chi connectivity index (χ1n) is 9.58. The van der Waals surface area contributed by atoms with Gasteiger partial charge < -0.3 is 15.1 Å². The maximum Gasteiger partial charge on any atom is 0.151 e. The minimum atomic E-state index is -0.604. The molecule has 2 heterocycles. The molecule has 1 fully saturated rings. The molecule has 0 atom stereocenters. The van der Waals surface area contributed by atoms with Crippen molar-refractivity contribution < 1.29 is 8.78 Å². The van der Waals surface area contributed by atoms with Crippen LogP contribution in [0, 0.1) is 25.5 Å². The van der Waals surface area contributed by atoms with Crippen LogP contribution in [-0.4, -0.2) is 65.9 Å². The summed E-state index contributed by atoms with van der Waals surface area (Å²) in [5.41, 5.74) is 3.09. The van der Waals surface area contributed by atoms with Gasteiger partial charge in [0.15, 0.2) is 5.82 Å². The van der Waals surface area contributed by atoms with Gasteiger partial charge in [-0.3, -0.25) is 0 Å². The summed E-state index contributed by atoms with van der Waals surface area (Å²) in [5, 5.41) is 7.93. The van der Waals surface area contributed by atoms with Crippen LogP contribution in [0.1, 0.15) is 23.4 Å². The van der Waals surface area contributed by atoms with E-state index in [2.05, 4.69) is 27.3 Å². The third kappa shape index (κ3) is 4.91. The molecule has 1 aliphatic rings. The number of hydrogen-bond donors (Lipinski definition) is 1. The predicted molar refractivity (Wildman–Crippen MR) is 103 cm³/mol. The number of hydrogen-bond acceptors (Lipinski definition) is 4. The number of piperazine rings is 1. The molecular formula is C20H29F2N5. The summed E-state index contributed by atoms with van der Waals surface area (Å²) in [5.74, 6) is -1.19. The van der Waals surface area contributed by atoms with Crippen LogP contribution in [-0.2, 0) is 6.54 Å². The topological polar surface area (TPSA) is 36.3 Å². The minimum Gasteiger partial charge on any atom is -0.312 e. The zero-order chi connectivity index (χ0) is 19.4. The third-order valence-electron chi connectivity index (χ3n) is 5.30. The first-order chi connectivity index (χ1) is 13.0. The average molecular weight is 377 g/mol. The Hall–Kier alpha value is -1.83. The molecule has 0 spiro atoms. The molecule has 5 nitrogen and oxygen atoms in total. The van der Waals surface area contributed by atoms with E-state index < -0.39 is 11.6 Å². The summed E-state index contributed by atoms with van der Waals surface area (Å²) in [7, 11) is 2.17. The molecule has 0 radical (unpaired) electrons. The summed E-state index contributed by atoms with van der Waals surface area (Å²) in [4.78, 5) is 4.87. The lowest BCUT2D eigenvalue weighted by molar-refractivity contribution is 0.152. The fourth-order valence-corrected chi connectivity index (χ4v) is 3.53. The first-order valence-corrected chi connectivity index (χ1v) is 9.58. The van der Waals surface area contributed by atoms with Crippen molar-refractivity contribution in [2.24, 2.45) is 0 Å². The van der Waals surface area contributed by atoms with E-state index in [-0.39, 0.29) is 5.69 Å². The molecule has 0 unspecified atom stereocenters. The molecule has 3 rings (SSSR count). The van der Waals surface area contributed by atoms with Crippen LogP contribution >= 0.6 is 0 Å². The van der Waals surface area contributed by atoms with Gasteiger partial charge >= 0.3 is 0 Å². The van der Waals surface area contributed by atoms with Crippen molar-refractivity contribution in [2.75, 3.05) is 46.3 Å². The van der Waals surface area contributed by atoms with Crippen molar-refractivity contribution in [1.29, 1.82) is 0 Å². The number of aryl methyl sites for hydroxylation is 1. The SMILES string of the molecule is Cc1nn(-c2ccc(F)cc2F)c(C)c1CNCCCN1CCN(C)CC1. The number of halogens is 2. The van der Waals surface area contributed by atoms with Gasteiger partial charge in [0.1, 0.15) is 11.5 Å². The average Bonchev–Trinajstić information content (AvgIpc) is 2.91. The Morgan fingerprint density at radius 1 is 1.11 bits per heavy atom. The van der Waals surface area contributed by atoms with Gasteiger partial charge in [0, 0.05) is 50.0 Å². The highest BCUT2D eigenvalue weighted by Crippen LogP contribution is 2.20. The lowest BCUT2D eigenvalue weighted by Crippen LogP contribution is -2.45. The van der Waals surface area contributed by atoms with Crippen molar-refractivity contribution in [1.82, 2.24) is 24.9 Å². The lowest BCUT2D eigenvalue weighted by atomic mass is 10.2. The lowest BCUT2D eigenvalue weighted by Gasteiger charge is -2.32. The van der Waals surface area contributed by atoms with Crippen LogP contribution in [0.4, 0.5) is 8.78 Å². The molecule has 1 aliphatic heterocycles. The Balaban J connectivity index is 1.53. The Morgan fingerprint density at radius 3 is 2.56 bits per heavy atom. The minimum absolute atomic E-state index is 0.276. The summed E-state index contributed by atoms with van der Waals surface area (Å²) >= 11 is 0. The van der Waals surface area contributed by atoms with E-state index in [9.17, 15) is 8.78 Å². The van der Waals surface area contributed by atoms with E-state index in [1.165, 1.54) is 12.1 Å². The molecule has 2 aromatic rings. The van der Waals surface area contributed by atoms with Crippen molar-refractivity contribution in [3.8, 4) is 5.69 Å². The molecule has 0 saturated carbocycles. The van der Waals surface area contributed by atoms with Crippen LogP contribution in [0.15, 0.2) is 18.2 Å². The largest absolute Gasteiger partial charge is 0.312 e. The summed E-state index contributed by atoms with van der Waals surface area (Å²) in [6, 6.07) is 3.57. The van der Waals surface area contributed by atoms with E-state index >= 15 is 0 Å². The van der Waals surface area contributed by atoms with Gasteiger partial charge in [0.2, 0.25) is 0 Å². The number of rotatable bonds is 7. The van der Waals surface area contributed by atoms with Crippen molar-refractivity contribution >= 4 is 0 Å². The van der Waals surface area contributed by atoms with Crippen LogP contribution in [0.5, 0.6) is 0 Å². The van der Waals surface area contributed by atoms with Gasteiger partial charge in [-0.1, -0.05) is 0 Å². The Bertz CT molecular complexity index is 766. The van der Waals surface area contributed by atoms with Gasteiger partial charge in [-0.05, 0) is 52.5 Å². The van der Waals surface area contributed by atoms with E-state index in [4.69, 9.17) is 0 Å². The maximum absolute atomic E-state index is 14.1. The number of aromatic nitrogens is 2. The second-order valence-electron chi connectivity index (χ2n) is 7.33. The van der Waals surface area contributed by atoms with Crippen LogP contribution in [0.3, 0.4) is 0 Å². The fraction of sp³-hybridized carbons (Fsp3) is 0.550. The second-order valence-corrected chi connectivity index (χ2v) is 7.33. The molecule has 1 aromatic carbocycles. The maximum atomic E-state index is 14.1. The van der Waals surface area contributed by atoms with E-state index in [0.717, 1.165) is 68.7 Å². The van der Waals surface area contributed by atoms with Gasteiger partial charge in [0.25, 0.3) is 0 Å². The highest BCUT2D eigenvalue weighted by Gasteiger charge is 2.16. The molecular weight excluding hydrogens is 348 g/mol. The molecule has 7 heteroatoms. The molecule has 0 amide bonds. The summed E-state index contributed by atoms with van der Waals surface area (Å²) < 4.78 is 28.8. The Labute approximate surface area is 160 Å². The second kappa shape index (κ2) is 8.91. The molecule has 27 heavy (non-hydrogen) atoms. The normalized spacial score (nSPS) is 16.2. The summed E-state index contributed by atoms with van der Waals surface area (Å²) in [6.45, 7) is 11.2. The molecule has 1 aromatic heterocycles. The molecule has 0 aliphatic carbocycles. The zero-order valence-corrected chi connectivity index (χ0v) is 16.4. The number of benzene rings is 1. The smallest absolute Gasteiger partial charge is 0.151 e. The highest BCUT2D eigenvalue weighted by molar-refractivity contribution is 5.38. The highest BCUT2D eigenvalue weighted by atomic mass is 19.1. The Kier molecular flexibility index (Phi) is 6.57. The van der Waals surface area contributed by atoms with Gasteiger partial charge in [-0.15, -0.1) is 0 Å². The van der Waals surface area contributed by atoms with Crippen LogP contribution < -0.4 is 5.32 Å². The van der Waals surface area contributed by atoms with Gasteiger partial charge in [-0.2, -0.15) is 5.10 Å². The van der Waals surface area contributed by atoms with E-state index in [1.807, 2.05) is 13.8 Å². The van der Waals surface area contributed by atoms with Crippen molar-refractivity contribution in [2.45, 2.75) is 26.8 Å². The number of nitrogens with zero attached hydrogens (tertiary/aromatic N) is 4. The predicted octanol–water partition coefficient (Wildman–Crippen LogP) is 2.49. The van der Waals surface area contributed by atoms with Crippen molar-refractivity contribution in [3.63, 3.8) is 0 Å². The monoisotopic (exact) mass is 377 g/mol.